The van der Waals surface area contributed by atoms with Gasteiger partial charge in [0.15, 0.2) is 6.10 Å². The molecule has 0 spiro atoms. The third-order valence-corrected chi connectivity index (χ3v) is 2.68. The van der Waals surface area contributed by atoms with Crippen molar-refractivity contribution in [2.45, 2.75) is 26.1 Å². The Morgan fingerprint density at radius 2 is 2.10 bits per heavy atom. The van der Waals surface area contributed by atoms with E-state index in [-0.39, 0.29) is 17.7 Å². The number of esters is 1. The summed E-state index contributed by atoms with van der Waals surface area (Å²) in [5, 5.41) is 30.0. The first kappa shape index (κ1) is 16.0. The first-order chi connectivity index (χ1) is 9.29. The summed E-state index contributed by atoms with van der Waals surface area (Å²) in [6.07, 6.45) is -3.63. The van der Waals surface area contributed by atoms with Crippen LogP contribution in [0, 0.1) is 22.9 Å². The zero-order valence-electron chi connectivity index (χ0n) is 10.9. The van der Waals surface area contributed by atoms with Crippen LogP contribution in [0.15, 0.2) is 12.1 Å². The van der Waals surface area contributed by atoms with Crippen LogP contribution >= 0.6 is 0 Å². The van der Waals surface area contributed by atoms with Gasteiger partial charge in [0, 0.05) is 6.07 Å². The molecule has 0 radical (unpaired) electrons. The average molecular weight is 287 g/mol. The molecular weight excluding hydrogens is 273 g/mol. The summed E-state index contributed by atoms with van der Waals surface area (Å²) in [4.78, 5) is 21.0. The summed E-state index contributed by atoms with van der Waals surface area (Å²) in [5.74, 6) is -2.22. The lowest BCUT2D eigenvalue weighted by Gasteiger charge is -2.18. The normalized spacial score (nSPS) is 13.7. The Labute approximate surface area is 113 Å². The van der Waals surface area contributed by atoms with Crippen LogP contribution in [0.1, 0.15) is 24.2 Å². The fourth-order valence-corrected chi connectivity index (χ4v) is 1.67. The lowest BCUT2D eigenvalue weighted by atomic mass is 9.98. The van der Waals surface area contributed by atoms with Crippen molar-refractivity contribution in [1.29, 1.82) is 0 Å². The molecule has 0 saturated heterocycles. The van der Waals surface area contributed by atoms with Gasteiger partial charge in [-0.3, -0.25) is 10.1 Å². The third kappa shape index (κ3) is 3.28. The van der Waals surface area contributed by atoms with E-state index in [9.17, 15) is 29.5 Å². The Kier molecular flexibility index (Phi) is 5.12. The molecule has 8 heteroatoms. The van der Waals surface area contributed by atoms with E-state index in [1.54, 1.807) is 0 Å². The molecule has 2 atom stereocenters. The van der Waals surface area contributed by atoms with Gasteiger partial charge in [-0.05, 0) is 31.0 Å². The predicted molar refractivity (Wildman–Crippen MR) is 65.4 cm³/mol. The lowest BCUT2D eigenvalue weighted by molar-refractivity contribution is -0.387. The topological polar surface area (TPSA) is 110 Å². The molecule has 0 heterocycles. The number of halogens is 1. The Balaban J connectivity index is 3.11. The van der Waals surface area contributed by atoms with E-state index in [2.05, 4.69) is 4.74 Å². The standard InChI is InChI=1S/C12H14FNO6/c1-3-20-12(17)11(16)10(15)7-5-8(13)9(14(18)19)4-6(7)2/h4-5,10-11,15-16H,3H2,1-2H3. The average Bonchev–Trinajstić information content (AvgIpc) is 2.39. The largest absolute Gasteiger partial charge is 0.464 e. The molecule has 2 unspecified atom stereocenters. The molecule has 0 aliphatic rings. The van der Waals surface area contributed by atoms with Gasteiger partial charge in [0.25, 0.3) is 0 Å². The van der Waals surface area contributed by atoms with Crippen LogP contribution < -0.4 is 0 Å². The van der Waals surface area contributed by atoms with Crippen molar-refractivity contribution in [2.24, 2.45) is 0 Å². The molecule has 0 amide bonds. The van der Waals surface area contributed by atoms with Crippen LogP contribution in [0.25, 0.3) is 0 Å². The van der Waals surface area contributed by atoms with Gasteiger partial charge >= 0.3 is 11.7 Å². The van der Waals surface area contributed by atoms with Crippen molar-refractivity contribution in [2.75, 3.05) is 6.61 Å². The van der Waals surface area contributed by atoms with Crippen LogP contribution in [0.5, 0.6) is 0 Å². The molecule has 20 heavy (non-hydrogen) atoms. The minimum Gasteiger partial charge on any atom is -0.464 e. The number of benzene rings is 1. The first-order valence-electron chi connectivity index (χ1n) is 5.76. The van der Waals surface area contributed by atoms with E-state index in [0.29, 0.717) is 0 Å². The molecule has 0 fully saturated rings. The van der Waals surface area contributed by atoms with Crippen molar-refractivity contribution in [3.63, 3.8) is 0 Å². The van der Waals surface area contributed by atoms with Crippen LogP contribution in [-0.2, 0) is 9.53 Å². The number of ether oxygens (including phenoxy) is 1. The summed E-state index contributed by atoms with van der Waals surface area (Å²) >= 11 is 0. The third-order valence-electron chi connectivity index (χ3n) is 2.68. The second kappa shape index (κ2) is 6.40. The number of carbonyl (C=O) groups is 1. The maximum Gasteiger partial charge on any atom is 0.338 e. The number of carbonyl (C=O) groups excluding carboxylic acids is 1. The molecule has 2 N–H and O–H groups in total. The van der Waals surface area contributed by atoms with E-state index in [4.69, 9.17) is 0 Å². The zero-order chi connectivity index (χ0) is 15.4. The highest BCUT2D eigenvalue weighted by Crippen LogP contribution is 2.28. The number of aryl methyl sites for hydroxylation is 1. The number of hydrogen-bond donors (Lipinski definition) is 2. The van der Waals surface area contributed by atoms with Gasteiger partial charge in [-0.25, -0.2) is 4.79 Å². The Morgan fingerprint density at radius 1 is 1.50 bits per heavy atom. The number of aliphatic hydroxyl groups is 2. The second-order valence-electron chi connectivity index (χ2n) is 4.06. The molecule has 1 aromatic rings. The van der Waals surface area contributed by atoms with Gasteiger partial charge in [0.2, 0.25) is 5.82 Å². The smallest absolute Gasteiger partial charge is 0.338 e. The maximum absolute atomic E-state index is 13.5. The Hall–Kier alpha value is -2.06. The van der Waals surface area contributed by atoms with Gasteiger partial charge in [-0.2, -0.15) is 4.39 Å². The van der Waals surface area contributed by atoms with Crippen molar-refractivity contribution >= 4 is 11.7 Å². The van der Waals surface area contributed by atoms with E-state index < -0.39 is 34.6 Å². The van der Waals surface area contributed by atoms with Gasteiger partial charge in [-0.1, -0.05) is 0 Å². The van der Waals surface area contributed by atoms with E-state index in [0.717, 1.165) is 12.1 Å². The second-order valence-corrected chi connectivity index (χ2v) is 4.06. The summed E-state index contributed by atoms with van der Waals surface area (Å²) < 4.78 is 18.0. The van der Waals surface area contributed by atoms with Gasteiger partial charge in [0.1, 0.15) is 6.10 Å². The molecular formula is C12H14FNO6. The minimum atomic E-state index is -1.89. The van der Waals surface area contributed by atoms with Crippen molar-refractivity contribution in [1.82, 2.24) is 0 Å². The first-order valence-corrected chi connectivity index (χ1v) is 5.76. The number of nitrogens with zero attached hydrogens (tertiary/aromatic N) is 1. The number of hydrogen-bond acceptors (Lipinski definition) is 6. The molecule has 1 aromatic carbocycles. The predicted octanol–water partition coefficient (Wildman–Crippen LogP) is 1.000. The summed E-state index contributed by atoms with van der Waals surface area (Å²) in [6.45, 7) is 2.92. The molecule has 1 rings (SSSR count). The van der Waals surface area contributed by atoms with Crippen molar-refractivity contribution < 1.29 is 29.1 Å². The quantitative estimate of drug-likeness (QED) is 0.475. The number of nitro benzene ring substituents is 1. The van der Waals surface area contributed by atoms with Crippen LogP contribution in [0.3, 0.4) is 0 Å². The molecule has 0 bridgehead atoms. The molecule has 0 aliphatic carbocycles. The fraction of sp³-hybridized carbons (Fsp3) is 0.417. The highest BCUT2D eigenvalue weighted by atomic mass is 19.1. The fourth-order valence-electron chi connectivity index (χ4n) is 1.67. The molecule has 7 nitrogen and oxygen atoms in total. The van der Waals surface area contributed by atoms with Gasteiger partial charge < -0.3 is 14.9 Å². The SMILES string of the molecule is CCOC(=O)C(O)C(O)c1cc(F)c([N+](=O)[O-])cc1C. The Morgan fingerprint density at radius 3 is 2.60 bits per heavy atom. The van der Waals surface area contributed by atoms with E-state index in [1.165, 1.54) is 13.8 Å². The van der Waals surface area contributed by atoms with E-state index in [1.807, 2.05) is 0 Å². The Bertz CT molecular complexity index is 533. The van der Waals surface area contributed by atoms with Crippen molar-refractivity contribution in [3.05, 3.63) is 39.2 Å². The maximum atomic E-state index is 13.5. The minimum absolute atomic E-state index is 0.0101. The summed E-state index contributed by atoms with van der Waals surface area (Å²) in [7, 11) is 0. The molecule has 0 saturated carbocycles. The summed E-state index contributed by atoms with van der Waals surface area (Å²) in [5.41, 5.74) is -0.688. The van der Waals surface area contributed by atoms with E-state index >= 15 is 0 Å². The van der Waals surface area contributed by atoms with Crippen LogP contribution in [0.2, 0.25) is 0 Å². The highest BCUT2D eigenvalue weighted by Gasteiger charge is 2.30. The molecule has 0 aliphatic heterocycles. The number of rotatable bonds is 5. The van der Waals surface area contributed by atoms with Crippen molar-refractivity contribution in [3.8, 4) is 0 Å². The zero-order valence-corrected chi connectivity index (χ0v) is 10.9. The monoisotopic (exact) mass is 287 g/mol. The van der Waals surface area contributed by atoms with Crippen LogP contribution in [0.4, 0.5) is 10.1 Å². The van der Waals surface area contributed by atoms with Gasteiger partial charge in [-0.15, -0.1) is 0 Å². The van der Waals surface area contributed by atoms with Crippen LogP contribution in [-0.4, -0.2) is 33.8 Å². The summed E-state index contributed by atoms with van der Waals surface area (Å²) in [6, 6.07) is 1.65. The highest BCUT2D eigenvalue weighted by molar-refractivity contribution is 5.75. The number of aliphatic hydroxyl groups excluding tert-OH is 2. The van der Waals surface area contributed by atoms with Gasteiger partial charge in [0.05, 0.1) is 11.5 Å². The molecule has 0 aromatic heterocycles. The number of nitro groups is 1. The lowest BCUT2D eigenvalue weighted by Crippen LogP contribution is -2.30. The molecule has 110 valence electrons.